The summed E-state index contributed by atoms with van der Waals surface area (Å²) in [5.74, 6) is -0.462. The molecule has 1 aromatic rings. The van der Waals surface area contributed by atoms with E-state index in [0.29, 0.717) is 33.9 Å². The summed E-state index contributed by atoms with van der Waals surface area (Å²) in [7, 11) is 0. The Balaban J connectivity index is 2.01. The summed E-state index contributed by atoms with van der Waals surface area (Å²) in [5, 5.41) is 0. The Bertz CT molecular complexity index is 521. The van der Waals surface area contributed by atoms with Gasteiger partial charge in [0.1, 0.15) is 4.34 Å². The lowest BCUT2D eigenvalue weighted by Crippen LogP contribution is -2.38. The third-order valence-electron chi connectivity index (χ3n) is 3.14. The van der Waals surface area contributed by atoms with Gasteiger partial charge in [-0.15, -0.1) is 11.3 Å². The molecule has 0 bridgehead atoms. The van der Waals surface area contributed by atoms with Crippen molar-refractivity contribution in [2.45, 2.75) is 6.42 Å². The van der Waals surface area contributed by atoms with E-state index in [-0.39, 0.29) is 18.4 Å². The van der Waals surface area contributed by atoms with Gasteiger partial charge in [0, 0.05) is 26.2 Å². The summed E-state index contributed by atoms with van der Waals surface area (Å²) >= 11 is 13.1. The van der Waals surface area contributed by atoms with E-state index in [4.69, 9.17) is 28.9 Å². The summed E-state index contributed by atoms with van der Waals surface area (Å²) in [5.41, 5.74) is 5.64. The number of nitrogens with zero attached hydrogens (tertiary/aromatic N) is 2. The highest BCUT2D eigenvalue weighted by Crippen LogP contribution is 2.32. The zero-order chi connectivity index (χ0) is 14.7. The van der Waals surface area contributed by atoms with Crippen molar-refractivity contribution in [1.82, 2.24) is 9.80 Å². The van der Waals surface area contributed by atoms with Crippen molar-refractivity contribution in [3.8, 4) is 0 Å². The first-order chi connectivity index (χ1) is 9.47. The maximum Gasteiger partial charge on any atom is 0.256 e. The van der Waals surface area contributed by atoms with Gasteiger partial charge in [0.05, 0.1) is 16.4 Å². The first kappa shape index (κ1) is 15.6. The minimum Gasteiger partial charge on any atom is -0.369 e. The molecule has 20 heavy (non-hydrogen) atoms. The summed E-state index contributed by atoms with van der Waals surface area (Å²) in [6.07, 6.45) is 0.800. The van der Waals surface area contributed by atoms with Crippen molar-refractivity contribution in [2.24, 2.45) is 5.73 Å². The topological polar surface area (TPSA) is 66.6 Å². The van der Waals surface area contributed by atoms with Gasteiger partial charge < -0.3 is 10.6 Å². The number of halogens is 2. The summed E-state index contributed by atoms with van der Waals surface area (Å²) in [6, 6.07) is 1.60. The van der Waals surface area contributed by atoms with Gasteiger partial charge in [0.15, 0.2) is 0 Å². The Labute approximate surface area is 131 Å². The van der Waals surface area contributed by atoms with E-state index >= 15 is 0 Å². The zero-order valence-electron chi connectivity index (χ0n) is 10.8. The summed E-state index contributed by atoms with van der Waals surface area (Å²) in [4.78, 5) is 27.0. The average Bonchev–Trinajstić information content (AvgIpc) is 2.58. The molecule has 8 heteroatoms. The number of hydrogen-bond donors (Lipinski definition) is 1. The standard InChI is InChI=1S/C12H15Cl2N3O2S/c13-9-6-8(11(14)20-9)12(19)17-3-1-2-16(4-5-17)7-10(15)18/h6H,1-5,7H2,(H2,15,18). The lowest BCUT2D eigenvalue weighted by Gasteiger charge is -2.21. The van der Waals surface area contributed by atoms with E-state index in [0.717, 1.165) is 13.0 Å². The first-order valence-electron chi connectivity index (χ1n) is 6.22. The monoisotopic (exact) mass is 335 g/mol. The van der Waals surface area contributed by atoms with E-state index in [2.05, 4.69) is 0 Å². The Morgan fingerprint density at radius 1 is 1.25 bits per heavy atom. The second-order valence-electron chi connectivity index (χ2n) is 4.63. The Morgan fingerprint density at radius 3 is 2.60 bits per heavy atom. The van der Waals surface area contributed by atoms with Crippen LogP contribution in [-0.4, -0.2) is 54.3 Å². The molecular formula is C12H15Cl2N3O2S. The third-order valence-corrected chi connectivity index (χ3v) is 4.63. The molecule has 1 saturated heterocycles. The minimum absolute atomic E-state index is 0.112. The molecule has 0 aliphatic carbocycles. The fourth-order valence-electron chi connectivity index (χ4n) is 2.21. The van der Waals surface area contributed by atoms with E-state index in [1.54, 1.807) is 11.0 Å². The van der Waals surface area contributed by atoms with Crippen LogP contribution in [0.25, 0.3) is 0 Å². The Morgan fingerprint density at radius 2 is 2.00 bits per heavy atom. The maximum atomic E-state index is 12.4. The van der Waals surface area contributed by atoms with Crippen LogP contribution in [0.3, 0.4) is 0 Å². The second-order valence-corrected chi connectivity index (χ2v) is 6.91. The predicted octanol–water partition coefficient (Wildman–Crippen LogP) is 1.69. The number of carbonyl (C=O) groups excluding carboxylic acids is 2. The van der Waals surface area contributed by atoms with Gasteiger partial charge in [0.25, 0.3) is 5.91 Å². The van der Waals surface area contributed by atoms with E-state index in [9.17, 15) is 9.59 Å². The van der Waals surface area contributed by atoms with Crippen LogP contribution in [0.4, 0.5) is 0 Å². The van der Waals surface area contributed by atoms with Gasteiger partial charge in [-0.1, -0.05) is 23.2 Å². The lowest BCUT2D eigenvalue weighted by molar-refractivity contribution is -0.119. The molecule has 1 fully saturated rings. The quantitative estimate of drug-likeness (QED) is 0.913. The average molecular weight is 336 g/mol. The number of amides is 2. The predicted molar refractivity (Wildman–Crippen MR) is 80.5 cm³/mol. The third kappa shape index (κ3) is 3.85. The van der Waals surface area contributed by atoms with Gasteiger partial charge in [-0.05, 0) is 12.5 Å². The SMILES string of the molecule is NC(=O)CN1CCCN(C(=O)c2cc(Cl)sc2Cl)CC1. The summed E-state index contributed by atoms with van der Waals surface area (Å²) in [6.45, 7) is 2.80. The number of carbonyl (C=O) groups is 2. The smallest absolute Gasteiger partial charge is 0.256 e. The second kappa shape index (κ2) is 6.76. The number of nitrogens with two attached hydrogens (primary N) is 1. The molecule has 2 N–H and O–H groups in total. The molecule has 0 unspecified atom stereocenters. The van der Waals surface area contributed by atoms with Gasteiger partial charge >= 0.3 is 0 Å². The van der Waals surface area contributed by atoms with Gasteiger partial charge in [0.2, 0.25) is 5.91 Å². The summed E-state index contributed by atoms with van der Waals surface area (Å²) < 4.78 is 0.918. The van der Waals surface area contributed by atoms with Crippen LogP contribution < -0.4 is 5.73 Å². The number of rotatable bonds is 3. The van der Waals surface area contributed by atoms with E-state index < -0.39 is 0 Å². The first-order valence-corrected chi connectivity index (χ1v) is 7.79. The van der Waals surface area contributed by atoms with Gasteiger partial charge in [-0.25, -0.2) is 0 Å². The van der Waals surface area contributed by atoms with Crippen molar-refractivity contribution in [3.05, 3.63) is 20.3 Å². The molecule has 2 amide bonds. The molecule has 0 radical (unpaired) electrons. The van der Waals surface area contributed by atoms with Crippen LogP contribution in [-0.2, 0) is 4.79 Å². The van der Waals surface area contributed by atoms with Crippen molar-refractivity contribution in [3.63, 3.8) is 0 Å². The number of thiophene rings is 1. The molecule has 1 aliphatic heterocycles. The molecule has 2 rings (SSSR count). The highest BCUT2D eigenvalue weighted by molar-refractivity contribution is 7.20. The van der Waals surface area contributed by atoms with Gasteiger partial charge in [-0.3, -0.25) is 14.5 Å². The van der Waals surface area contributed by atoms with Crippen molar-refractivity contribution < 1.29 is 9.59 Å². The molecule has 0 atom stereocenters. The Kier molecular flexibility index (Phi) is 5.26. The fourth-order valence-corrected chi connectivity index (χ4v) is 3.66. The molecular weight excluding hydrogens is 321 g/mol. The van der Waals surface area contributed by atoms with Crippen LogP contribution in [0, 0.1) is 0 Å². The Hall–Kier alpha value is -0.820. The van der Waals surface area contributed by atoms with Crippen LogP contribution >= 0.6 is 34.5 Å². The largest absolute Gasteiger partial charge is 0.369 e. The molecule has 0 spiro atoms. The molecule has 1 aliphatic rings. The zero-order valence-corrected chi connectivity index (χ0v) is 13.1. The number of hydrogen-bond acceptors (Lipinski definition) is 4. The molecule has 110 valence electrons. The molecule has 1 aromatic heterocycles. The highest BCUT2D eigenvalue weighted by atomic mass is 35.5. The molecule has 2 heterocycles. The van der Waals surface area contributed by atoms with Crippen molar-refractivity contribution in [1.29, 1.82) is 0 Å². The maximum absolute atomic E-state index is 12.4. The van der Waals surface area contributed by atoms with Crippen LogP contribution in [0.15, 0.2) is 6.07 Å². The highest BCUT2D eigenvalue weighted by Gasteiger charge is 2.23. The number of primary amides is 1. The van der Waals surface area contributed by atoms with Crippen LogP contribution in [0.5, 0.6) is 0 Å². The van der Waals surface area contributed by atoms with Gasteiger partial charge in [-0.2, -0.15) is 0 Å². The van der Waals surface area contributed by atoms with E-state index in [1.807, 2.05) is 4.90 Å². The van der Waals surface area contributed by atoms with E-state index in [1.165, 1.54) is 11.3 Å². The normalized spacial score (nSPS) is 17.0. The van der Waals surface area contributed by atoms with Crippen LogP contribution in [0.1, 0.15) is 16.8 Å². The van der Waals surface area contributed by atoms with Crippen LogP contribution in [0.2, 0.25) is 8.67 Å². The van der Waals surface area contributed by atoms with Crippen molar-refractivity contribution >= 4 is 46.4 Å². The minimum atomic E-state index is -0.350. The molecule has 0 saturated carbocycles. The molecule has 5 nitrogen and oxygen atoms in total. The fraction of sp³-hybridized carbons (Fsp3) is 0.500. The molecule has 0 aromatic carbocycles. The lowest BCUT2D eigenvalue weighted by atomic mass is 10.3. The van der Waals surface area contributed by atoms with Crippen molar-refractivity contribution in [2.75, 3.05) is 32.7 Å².